The number of carbonyl (C=O) groups is 1. The third-order valence-corrected chi connectivity index (χ3v) is 5.00. The number of anilines is 1. The van der Waals surface area contributed by atoms with Crippen LogP contribution in [-0.2, 0) is 11.3 Å². The molecule has 27 heavy (non-hydrogen) atoms. The average Bonchev–Trinajstić information content (AvgIpc) is 2.66. The van der Waals surface area contributed by atoms with Gasteiger partial charge in [0.1, 0.15) is 17.9 Å². The summed E-state index contributed by atoms with van der Waals surface area (Å²) in [5, 5.41) is 9.08. The molecule has 1 N–H and O–H groups in total. The van der Waals surface area contributed by atoms with Crippen LogP contribution < -0.4 is 9.64 Å². The summed E-state index contributed by atoms with van der Waals surface area (Å²) < 4.78 is 5.61. The van der Waals surface area contributed by atoms with Gasteiger partial charge in [0.05, 0.1) is 0 Å². The first-order valence-corrected chi connectivity index (χ1v) is 9.18. The quantitative estimate of drug-likeness (QED) is 0.835. The smallest absolute Gasteiger partial charge is 0.344 e. The van der Waals surface area contributed by atoms with Gasteiger partial charge in [-0.3, -0.25) is 4.90 Å². The lowest BCUT2D eigenvalue weighted by Crippen LogP contribution is -2.46. The molecule has 1 fully saturated rings. The molecule has 7 heteroatoms. The SMILES string of the molecule is Cc1ncnc(N2CCN(Cc3ccccc3OC(C)C(=O)O)CC2)c1C. The Kier molecular flexibility index (Phi) is 5.91. The van der Waals surface area contributed by atoms with Gasteiger partial charge in [-0.25, -0.2) is 14.8 Å². The molecule has 1 aliphatic heterocycles. The molecule has 1 aromatic heterocycles. The van der Waals surface area contributed by atoms with Gasteiger partial charge < -0.3 is 14.7 Å². The van der Waals surface area contributed by atoms with Crippen molar-refractivity contribution in [3.63, 3.8) is 0 Å². The van der Waals surface area contributed by atoms with Crippen molar-refractivity contribution in [1.82, 2.24) is 14.9 Å². The van der Waals surface area contributed by atoms with E-state index < -0.39 is 12.1 Å². The monoisotopic (exact) mass is 370 g/mol. The predicted octanol–water partition coefficient (Wildman–Crippen LogP) is 2.27. The van der Waals surface area contributed by atoms with Crippen molar-refractivity contribution in [3.8, 4) is 5.75 Å². The largest absolute Gasteiger partial charge is 0.479 e. The van der Waals surface area contributed by atoms with E-state index in [9.17, 15) is 4.79 Å². The van der Waals surface area contributed by atoms with Crippen LogP contribution in [0.4, 0.5) is 5.82 Å². The number of benzene rings is 1. The molecule has 2 aromatic rings. The molecule has 0 amide bonds. The second-order valence-corrected chi connectivity index (χ2v) is 6.88. The first-order valence-electron chi connectivity index (χ1n) is 9.18. The number of hydrogen-bond donors (Lipinski definition) is 1. The molecule has 7 nitrogen and oxygen atoms in total. The fraction of sp³-hybridized carbons (Fsp3) is 0.450. The zero-order valence-corrected chi connectivity index (χ0v) is 16.1. The predicted molar refractivity (Wildman–Crippen MR) is 103 cm³/mol. The first kappa shape index (κ1) is 19.1. The van der Waals surface area contributed by atoms with Crippen LogP contribution in [0.1, 0.15) is 23.7 Å². The molecule has 0 bridgehead atoms. The van der Waals surface area contributed by atoms with E-state index >= 15 is 0 Å². The van der Waals surface area contributed by atoms with E-state index in [1.807, 2.05) is 31.2 Å². The van der Waals surface area contributed by atoms with E-state index in [0.29, 0.717) is 5.75 Å². The van der Waals surface area contributed by atoms with Crippen molar-refractivity contribution < 1.29 is 14.6 Å². The molecule has 1 aliphatic rings. The number of para-hydroxylation sites is 1. The number of aryl methyl sites for hydroxylation is 1. The molecule has 1 aromatic carbocycles. The number of nitrogens with zero attached hydrogens (tertiary/aromatic N) is 4. The van der Waals surface area contributed by atoms with Gasteiger partial charge in [0.2, 0.25) is 0 Å². The number of ether oxygens (including phenoxy) is 1. The lowest BCUT2D eigenvalue weighted by atomic mass is 10.1. The summed E-state index contributed by atoms with van der Waals surface area (Å²) in [6.45, 7) is 9.95. The second kappa shape index (κ2) is 8.35. The third kappa shape index (κ3) is 4.54. The van der Waals surface area contributed by atoms with E-state index in [-0.39, 0.29) is 0 Å². The van der Waals surface area contributed by atoms with Crippen molar-refractivity contribution in [2.75, 3.05) is 31.1 Å². The van der Waals surface area contributed by atoms with Crippen LogP contribution in [0.25, 0.3) is 0 Å². The van der Waals surface area contributed by atoms with E-state index in [2.05, 4.69) is 26.7 Å². The van der Waals surface area contributed by atoms with Crippen molar-refractivity contribution in [3.05, 3.63) is 47.4 Å². The summed E-state index contributed by atoms with van der Waals surface area (Å²) in [5.74, 6) is 0.687. The highest BCUT2D eigenvalue weighted by molar-refractivity contribution is 5.72. The van der Waals surface area contributed by atoms with Gasteiger partial charge in [-0.1, -0.05) is 18.2 Å². The van der Waals surface area contributed by atoms with Gasteiger partial charge in [0.25, 0.3) is 0 Å². The highest BCUT2D eigenvalue weighted by Crippen LogP contribution is 2.24. The minimum atomic E-state index is -0.964. The van der Waals surface area contributed by atoms with E-state index in [1.54, 1.807) is 13.3 Å². The number of hydrogen-bond acceptors (Lipinski definition) is 6. The first-order chi connectivity index (χ1) is 13.0. The number of carboxylic acid groups (broad SMARTS) is 1. The molecule has 3 rings (SSSR count). The molecule has 144 valence electrons. The van der Waals surface area contributed by atoms with Crippen molar-refractivity contribution in [1.29, 1.82) is 0 Å². The zero-order valence-electron chi connectivity index (χ0n) is 16.1. The molecule has 0 spiro atoms. The van der Waals surface area contributed by atoms with Crippen LogP contribution in [0.5, 0.6) is 5.75 Å². The van der Waals surface area contributed by atoms with Gasteiger partial charge in [-0.15, -0.1) is 0 Å². The number of aromatic nitrogens is 2. The van der Waals surface area contributed by atoms with Gasteiger partial charge in [-0.05, 0) is 26.8 Å². The minimum Gasteiger partial charge on any atom is -0.479 e. The second-order valence-electron chi connectivity index (χ2n) is 6.88. The summed E-state index contributed by atoms with van der Waals surface area (Å²) in [5.41, 5.74) is 3.15. The maximum Gasteiger partial charge on any atom is 0.344 e. The Labute approximate surface area is 159 Å². The number of piperazine rings is 1. The van der Waals surface area contributed by atoms with Crippen LogP contribution in [0.3, 0.4) is 0 Å². The molecule has 1 atom stereocenters. The third-order valence-electron chi connectivity index (χ3n) is 5.00. The molecule has 0 saturated carbocycles. The molecular formula is C20H26N4O3. The Morgan fingerprint density at radius 1 is 1.19 bits per heavy atom. The summed E-state index contributed by atoms with van der Waals surface area (Å²) in [6, 6.07) is 7.65. The van der Waals surface area contributed by atoms with Gasteiger partial charge >= 0.3 is 5.97 Å². The molecule has 1 unspecified atom stereocenters. The van der Waals surface area contributed by atoms with Crippen molar-refractivity contribution in [2.24, 2.45) is 0 Å². The van der Waals surface area contributed by atoms with Gasteiger partial charge in [-0.2, -0.15) is 0 Å². The minimum absolute atomic E-state index is 0.636. The van der Waals surface area contributed by atoms with E-state index in [1.165, 1.54) is 0 Å². The van der Waals surface area contributed by atoms with Crippen molar-refractivity contribution >= 4 is 11.8 Å². The molecule has 0 radical (unpaired) electrons. The van der Waals surface area contributed by atoms with Crippen LogP contribution in [-0.4, -0.2) is 58.2 Å². The lowest BCUT2D eigenvalue weighted by molar-refractivity contribution is -0.144. The molecule has 2 heterocycles. The number of rotatable bonds is 6. The van der Waals surface area contributed by atoms with E-state index in [0.717, 1.165) is 55.4 Å². The average molecular weight is 370 g/mol. The van der Waals surface area contributed by atoms with Crippen LogP contribution in [0, 0.1) is 13.8 Å². The molecule has 1 saturated heterocycles. The Bertz CT molecular complexity index is 804. The number of aliphatic carboxylic acids is 1. The van der Waals surface area contributed by atoms with Gasteiger partial charge in [0.15, 0.2) is 6.10 Å². The summed E-state index contributed by atoms with van der Waals surface area (Å²) in [4.78, 5) is 24.4. The van der Waals surface area contributed by atoms with Crippen LogP contribution >= 0.6 is 0 Å². The summed E-state index contributed by atoms with van der Waals surface area (Å²) in [7, 11) is 0. The zero-order chi connectivity index (χ0) is 19.4. The lowest BCUT2D eigenvalue weighted by Gasteiger charge is -2.36. The fourth-order valence-corrected chi connectivity index (χ4v) is 3.19. The Morgan fingerprint density at radius 3 is 2.59 bits per heavy atom. The topological polar surface area (TPSA) is 78.8 Å². The Balaban J connectivity index is 1.63. The maximum atomic E-state index is 11.1. The van der Waals surface area contributed by atoms with Crippen LogP contribution in [0.2, 0.25) is 0 Å². The summed E-state index contributed by atoms with van der Waals surface area (Å²) >= 11 is 0. The fourth-order valence-electron chi connectivity index (χ4n) is 3.19. The Morgan fingerprint density at radius 2 is 1.89 bits per heavy atom. The van der Waals surface area contributed by atoms with Crippen molar-refractivity contribution in [2.45, 2.75) is 33.4 Å². The van der Waals surface area contributed by atoms with E-state index in [4.69, 9.17) is 9.84 Å². The normalized spacial score (nSPS) is 16.2. The molecular weight excluding hydrogens is 344 g/mol. The molecule has 0 aliphatic carbocycles. The van der Waals surface area contributed by atoms with Crippen LogP contribution in [0.15, 0.2) is 30.6 Å². The highest BCUT2D eigenvalue weighted by Gasteiger charge is 2.21. The van der Waals surface area contributed by atoms with Gasteiger partial charge in [0, 0.05) is 49.5 Å². The summed E-state index contributed by atoms with van der Waals surface area (Å²) in [6.07, 6.45) is 0.758. The standard InChI is InChI=1S/C20H26N4O3/c1-14-15(2)21-13-22-19(14)24-10-8-23(9-11-24)12-17-6-4-5-7-18(17)27-16(3)20(25)26/h4-7,13,16H,8-12H2,1-3H3,(H,25,26). The number of carboxylic acids is 1. The maximum absolute atomic E-state index is 11.1. The Hall–Kier alpha value is -2.67. The highest BCUT2D eigenvalue weighted by atomic mass is 16.5.